The van der Waals surface area contributed by atoms with E-state index in [0.717, 1.165) is 50.8 Å². The van der Waals surface area contributed by atoms with E-state index in [1.54, 1.807) is 13.2 Å². The van der Waals surface area contributed by atoms with Crippen molar-refractivity contribution in [2.45, 2.75) is 57.5 Å². The SMILES string of the molecule is CNS(=O)(=O)CC1CCCC(Nc2nc(Nc3cc(C)c(C(=O)NC4CCN(C)CC4)cc3OC)ncc2Cl)C1. The largest absolute Gasteiger partial charge is 0.495 e. The molecule has 1 aromatic heterocycles. The molecular formula is C27H40ClN7O4S. The highest BCUT2D eigenvalue weighted by Gasteiger charge is 2.27. The summed E-state index contributed by atoms with van der Waals surface area (Å²) in [5.74, 6) is 1.35. The summed E-state index contributed by atoms with van der Waals surface area (Å²) in [6.07, 6.45) is 6.77. The molecule has 11 nitrogen and oxygen atoms in total. The van der Waals surface area contributed by atoms with Crippen LogP contribution in [0.2, 0.25) is 5.02 Å². The number of likely N-dealkylation sites (tertiary alicyclic amines) is 1. The molecular weight excluding hydrogens is 554 g/mol. The van der Waals surface area contributed by atoms with Gasteiger partial charge >= 0.3 is 0 Å². The van der Waals surface area contributed by atoms with Crippen molar-refractivity contribution in [3.05, 3.63) is 34.5 Å². The number of hydrogen-bond donors (Lipinski definition) is 4. The van der Waals surface area contributed by atoms with Gasteiger partial charge in [0.1, 0.15) is 10.8 Å². The Morgan fingerprint density at radius 1 is 1.18 bits per heavy atom. The number of carbonyl (C=O) groups excluding carboxylic acids is 1. The molecule has 1 aliphatic carbocycles. The van der Waals surface area contributed by atoms with Crippen molar-refractivity contribution in [1.82, 2.24) is 24.9 Å². The van der Waals surface area contributed by atoms with Crippen LogP contribution in [0, 0.1) is 12.8 Å². The van der Waals surface area contributed by atoms with E-state index >= 15 is 0 Å². The van der Waals surface area contributed by atoms with Gasteiger partial charge in [-0.25, -0.2) is 18.1 Å². The van der Waals surface area contributed by atoms with E-state index in [2.05, 4.69) is 42.6 Å². The molecule has 0 bridgehead atoms. The molecule has 1 saturated heterocycles. The summed E-state index contributed by atoms with van der Waals surface area (Å²) >= 11 is 6.42. The van der Waals surface area contributed by atoms with Crippen LogP contribution in [0.4, 0.5) is 17.5 Å². The number of aryl methyl sites for hydroxylation is 1. The van der Waals surface area contributed by atoms with Crippen molar-refractivity contribution < 1.29 is 17.9 Å². The third kappa shape index (κ3) is 7.96. The molecule has 2 fully saturated rings. The first kappa shape index (κ1) is 30.3. The molecule has 1 aromatic carbocycles. The van der Waals surface area contributed by atoms with E-state index in [0.29, 0.717) is 40.2 Å². The van der Waals surface area contributed by atoms with Crippen LogP contribution < -0.4 is 25.4 Å². The minimum atomic E-state index is -3.27. The number of ether oxygens (including phenoxy) is 1. The first-order valence-corrected chi connectivity index (χ1v) is 15.7. The molecule has 13 heteroatoms. The van der Waals surface area contributed by atoms with Crippen molar-refractivity contribution in [3.63, 3.8) is 0 Å². The summed E-state index contributed by atoms with van der Waals surface area (Å²) < 4.78 is 32.1. The van der Waals surface area contributed by atoms with Gasteiger partial charge in [-0.2, -0.15) is 4.98 Å². The van der Waals surface area contributed by atoms with Gasteiger partial charge in [-0.05, 0) is 89.8 Å². The number of anilines is 3. The van der Waals surface area contributed by atoms with Crippen LogP contribution in [0.15, 0.2) is 18.3 Å². The van der Waals surface area contributed by atoms with Crippen molar-refractivity contribution in [3.8, 4) is 5.75 Å². The van der Waals surface area contributed by atoms with E-state index in [9.17, 15) is 13.2 Å². The standard InChI is InChI=1S/C27H40ClN7O4S/c1-17-12-23(24(39-4)14-21(17)26(36)32-19-8-10-35(3)11-9-19)33-27-30-15-22(28)25(34-27)31-20-7-5-6-18(13-20)16-40(37,38)29-2/h12,14-15,18-20,29H,5-11,13,16H2,1-4H3,(H,32,36)(H2,30,31,33,34). The van der Waals surface area contributed by atoms with Gasteiger partial charge in [0.05, 0.1) is 24.7 Å². The van der Waals surface area contributed by atoms with Gasteiger partial charge in [0, 0.05) is 17.6 Å². The monoisotopic (exact) mass is 593 g/mol. The minimum absolute atomic E-state index is 0.0465. The third-order valence-electron chi connectivity index (χ3n) is 7.73. The van der Waals surface area contributed by atoms with Gasteiger partial charge in [-0.15, -0.1) is 0 Å². The Balaban J connectivity index is 1.45. The summed E-state index contributed by atoms with van der Waals surface area (Å²) in [6, 6.07) is 3.79. The molecule has 220 valence electrons. The Bertz CT molecular complexity index is 1300. The lowest BCUT2D eigenvalue weighted by molar-refractivity contribution is 0.0916. The van der Waals surface area contributed by atoms with Crippen LogP contribution >= 0.6 is 11.6 Å². The molecule has 1 aliphatic heterocycles. The van der Waals surface area contributed by atoms with Crippen molar-refractivity contribution in [1.29, 1.82) is 0 Å². The Morgan fingerprint density at radius 3 is 2.62 bits per heavy atom. The molecule has 2 aliphatic rings. The second-order valence-corrected chi connectivity index (χ2v) is 13.2. The number of nitrogens with zero attached hydrogens (tertiary/aromatic N) is 3. The number of carbonyl (C=O) groups is 1. The van der Waals surface area contributed by atoms with Gasteiger partial charge < -0.3 is 25.6 Å². The lowest BCUT2D eigenvalue weighted by Gasteiger charge is -2.30. The van der Waals surface area contributed by atoms with Crippen molar-refractivity contribution in [2.24, 2.45) is 5.92 Å². The molecule has 4 N–H and O–H groups in total. The second-order valence-electron chi connectivity index (χ2n) is 10.8. The first-order chi connectivity index (χ1) is 19.1. The van der Waals surface area contributed by atoms with Gasteiger partial charge in [-0.3, -0.25) is 4.79 Å². The first-order valence-electron chi connectivity index (χ1n) is 13.7. The maximum absolute atomic E-state index is 13.1. The maximum atomic E-state index is 13.1. The molecule has 0 radical (unpaired) electrons. The lowest BCUT2D eigenvalue weighted by atomic mass is 9.87. The van der Waals surface area contributed by atoms with Gasteiger partial charge in [0.15, 0.2) is 5.82 Å². The summed E-state index contributed by atoms with van der Waals surface area (Å²) in [5, 5.41) is 10.1. The highest BCUT2D eigenvalue weighted by Crippen LogP contribution is 2.33. The number of benzene rings is 1. The van der Waals surface area contributed by atoms with Crippen LogP contribution in [0.25, 0.3) is 0 Å². The third-order valence-corrected chi connectivity index (χ3v) is 9.53. The van der Waals surface area contributed by atoms with Gasteiger partial charge in [0.2, 0.25) is 16.0 Å². The highest BCUT2D eigenvalue weighted by atomic mass is 35.5. The zero-order chi connectivity index (χ0) is 28.9. The molecule has 2 heterocycles. The molecule has 1 saturated carbocycles. The molecule has 2 aromatic rings. The van der Waals surface area contributed by atoms with Crippen molar-refractivity contribution in [2.75, 3.05) is 50.7 Å². The van der Waals surface area contributed by atoms with Gasteiger partial charge in [0.25, 0.3) is 5.91 Å². The predicted molar refractivity (Wildman–Crippen MR) is 158 cm³/mol. The Labute approximate surface area is 241 Å². The fourth-order valence-electron chi connectivity index (χ4n) is 5.42. The highest BCUT2D eigenvalue weighted by molar-refractivity contribution is 7.89. The van der Waals surface area contributed by atoms with E-state index in [1.807, 2.05) is 13.0 Å². The zero-order valence-electron chi connectivity index (χ0n) is 23.6. The number of halogens is 1. The number of hydrogen-bond acceptors (Lipinski definition) is 9. The van der Waals surface area contributed by atoms with E-state index < -0.39 is 10.0 Å². The van der Waals surface area contributed by atoms with E-state index in [1.165, 1.54) is 13.2 Å². The Morgan fingerprint density at radius 2 is 1.93 bits per heavy atom. The van der Waals surface area contributed by atoms with Crippen LogP contribution in [0.1, 0.15) is 54.4 Å². The summed E-state index contributed by atoms with van der Waals surface area (Å²) in [7, 11) is 1.82. The van der Waals surface area contributed by atoms with Crippen molar-refractivity contribution >= 4 is 45.0 Å². The van der Waals surface area contributed by atoms with Gasteiger partial charge in [-0.1, -0.05) is 18.0 Å². The number of aromatic nitrogens is 2. The van der Waals surface area contributed by atoms with Crippen LogP contribution in [-0.4, -0.2) is 81.3 Å². The number of nitrogens with one attached hydrogen (secondary N) is 4. The quantitative estimate of drug-likeness (QED) is 0.326. The maximum Gasteiger partial charge on any atom is 0.251 e. The number of methoxy groups -OCH3 is 1. The smallest absolute Gasteiger partial charge is 0.251 e. The lowest BCUT2D eigenvalue weighted by Crippen LogP contribution is -2.43. The van der Waals surface area contributed by atoms with E-state index in [4.69, 9.17) is 16.3 Å². The average molecular weight is 594 g/mol. The predicted octanol–water partition coefficient (Wildman–Crippen LogP) is 3.53. The number of piperidine rings is 1. The van der Waals surface area contributed by atoms with Crippen LogP contribution in [-0.2, 0) is 10.0 Å². The normalized spacial score (nSPS) is 20.6. The Kier molecular flexibility index (Phi) is 10.1. The molecule has 40 heavy (non-hydrogen) atoms. The van der Waals surface area contributed by atoms with Crippen LogP contribution in [0.3, 0.4) is 0 Å². The number of amides is 1. The molecule has 2 atom stereocenters. The zero-order valence-corrected chi connectivity index (χ0v) is 25.2. The van der Waals surface area contributed by atoms with E-state index in [-0.39, 0.29) is 29.7 Å². The fourth-order valence-corrected chi connectivity index (χ4v) is 6.66. The number of sulfonamides is 1. The molecule has 1 amide bonds. The molecule has 4 rings (SSSR count). The summed E-state index contributed by atoms with van der Waals surface area (Å²) in [4.78, 5) is 24.2. The van der Waals surface area contributed by atoms with Crippen LogP contribution in [0.5, 0.6) is 5.75 Å². The topological polar surface area (TPSA) is 138 Å². The Hall–Kier alpha value is -2.67. The minimum Gasteiger partial charge on any atom is -0.495 e. The number of rotatable bonds is 10. The summed E-state index contributed by atoms with van der Waals surface area (Å²) in [6.45, 7) is 3.82. The molecule has 0 spiro atoms. The second kappa shape index (κ2) is 13.3. The molecule has 2 unspecified atom stereocenters. The average Bonchev–Trinajstić information content (AvgIpc) is 2.92. The summed E-state index contributed by atoms with van der Waals surface area (Å²) in [5.41, 5.74) is 1.98. The fraction of sp³-hybridized carbons (Fsp3) is 0.593.